The maximum absolute atomic E-state index is 12.2. The second-order valence-corrected chi connectivity index (χ2v) is 2.87. The van der Waals surface area contributed by atoms with Crippen LogP contribution >= 0.6 is 0 Å². The molecule has 1 aromatic rings. The fraction of sp³-hybridized carbons (Fsp3) is 0.273. The Hall–Kier alpha value is -1.18. The molecule has 1 rings (SSSR count). The van der Waals surface area contributed by atoms with Gasteiger partial charge in [0.05, 0.1) is 0 Å². The topological polar surface area (TPSA) is 0 Å². The highest BCUT2D eigenvalue weighted by molar-refractivity contribution is 5.24. The number of aryl methyl sites for hydroxylation is 1. The lowest BCUT2D eigenvalue weighted by atomic mass is 10.1. The van der Waals surface area contributed by atoms with E-state index in [2.05, 4.69) is 6.58 Å². The van der Waals surface area contributed by atoms with Crippen molar-refractivity contribution in [2.75, 3.05) is 0 Å². The minimum atomic E-state index is -2.37. The lowest BCUT2D eigenvalue weighted by Crippen LogP contribution is -1.88. The minimum Gasteiger partial charge on any atom is -0.205 e. The number of benzene rings is 1. The first kappa shape index (κ1) is 9.90. The van der Waals surface area contributed by atoms with E-state index in [1.54, 1.807) is 18.2 Å². The van der Waals surface area contributed by atoms with E-state index in [9.17, 15) is 8.78 Å². The number of allylic oxidation sites excluding steroid dienone is 1. The van der Waals surface area contributed by atoms with Gasteiger partial charge in [0, 0.05) is 5.56 Å². The summed E-state index contributed by atoms with van der Waals surface area (Å²) in [4.78, 5) is 0. The van der Waals surface area contributed by atoms with Gasteiger partial charge in [0.2, 0.25) is 0 Å². The summed E-state index contributed by atoms with van der Waals surface area (Å²) in [6.45, 7) is 3.59. The molecule has 0 nitrogen and oxygen atoms in total. The molecule has 0 heterocycles. The molecule has 0 unspecified atom stereocenters. The number of hydrogen-bond acceptors (Lipinski definition) is 0. The minimum absolute atomic E-state index is 0.0987. The molecule has 1 aromatic carbocycles. The molecular formula is C11H12F2. The van der Waals surface area contributed by atoms with Crippen molar-refractivity contribution in [2.45, 2.75) is 19.3 Å². The first-order valence-electron chi connectivity index (χ1n) is 4.22. The molecule has 0 aliphatic heterocycles. The summed E-state index contributed by atoms with van der Waals surface area (Å²) >= 11 is 0. The maximum Gasteiger partial charge on any atom is 0.263 e. The monoisotopic (exact) mass is 182 g/mol. The van der Waals surface area contributed by atoms with Crippen LogP contribution in [0.25, 0.3) is 0 Å². The highest BCUT2D eigenvalue weighted by Gasteiger charge is 2.06. The zero-order valence-electron chi connectivity index (χ0n) is 7.34. The van der Waals surface area contributed by atoms with Crippen LogP contribution in [0.5, 0.6) is 0 Å². The lowest BCUT2D eigenvalue weighted by molar-refractivity contribution is 0.151. The Morgan fingerprint density at radius 2 is 2.15 bits per heavy atom. The summed E-state index contributed by atoms with van der Waals surface area (Å²) in [6.07, 6.45) is 1.02. The molecule has 2 heteroatoms. The fourth-order valence-electron chi connectivity index (χ4n) is 1.15. The van der Waals surface area contributed by atoms with Crippen molar-refractivity contribution in [2.24, 2.45) is 0 Å². The first-order valence-corrected chi connectivity index (χ1v) is 4.22. The third-order valence-corrected chi connectivity index (χ3v) is 1.84. The van der Waals surface area contributed by atoms with Crippen molar-refractivity contribution in [3.8, 4) is 0 Å². The average Bonchev–Trinajstić information content (AvgIpc) is 2.15. The highest BCUT2D eigenvalue weighted by Crippen LogP contribution is 2.19. The van der Waals surface area contributed by atoms with E-state index in [0.29, 0.717) is 0 Å². The van der Waals surface area contributed by atoms with E-state index in [4.69, 9.17) is 0 Å². The van der Waals surface area contributed by atoms with E-state index >= 15 is 0 Å². The van der Waals surface area contributed by atoms with Gasteiger partial charge in [-0.1, -0.05) is 30.3 Å². The Balaban J connectivity index is 2.73. The summed E-state index contributed by atoms with van der Waals surface area (Å²) in [6, 6.07) is 6.52. The molecule has 0 saturated heterocycles. The molecule has 0 aliphatic carbocycles. The zero-order chi connectivity index (χ0) is 9.68. The quantitative estimate of drug-likeness (QED) is 0.622. The normalized spacial score (nSPS) is 10.4. The van der Waals surface area contributed by atoms with Gasteiger partial charge >= 0.3 is 0 Å². The molecule has 0 N–H and O–H groups in total. The second-order valence-electron chi connectivity index (χ2n) is 2.87. The highest BCUT2D eigenvalue weighted by atomic mass is 19.3. The number of rotatable bonds is 4. The van der Waals surface area contributed by atoms with Crippen LogP contribution in [0.1, 0.15) is 24.0 Å². The fourth-order valence-corrected chi connectivity index (χ4v) is 1.15. The van der Waals surface area contributed by atoms with E-state index in [0.717, 1.165) is 18.4 Å². The molecular weight excluding hydrogens is 170 g/mol. The molecule has 0 aliphatic rings. The van der Waals surface area contributed by atoms with Gasteiger partial charge in [0.25, 0.3) is 6.43 Å². The number of hydrogen-bond donors (Lipinski definition) is 0. The van der Waals surface area contributed by atoms with Crippen LogP contribution in [0.2, 0.25) is 0 Å². The molecule has 13 heavy (non-hydrogen) atoms. The Bertz CT molecular complexity index is 279. The predicted octanol–water partition coefficient (Wildman–Crippen LogP) is 3.74. The molecule has 0 fully saturated rings. The van der Waals surface area contributed by atoms with Gasteiger partial charge in [-0.15, -0.1) is 6.58 Å². The Labute approximate surface area is 76.9 Å². The van der Waals surface area contributed by atoms with Crippen molar-refractivity contribution >= 4 is 0 Å². The smallest absolute Gasteiger partial charge is 0.205 e. The van der Waals surface area contributed by atoms with Crippen molar-refractivity contribution in [3.05, 3.63) is 48.0 Å². The van der Waals surface area contributed by atoms with Gasteiger partial charge in [-0.25, -0.2) is 8.78 Å². The summed E-state index contributed by atoms with van der Waals surface area (Å²) in [5.41, 5.74) is 1.04. The van der Waals surface area contributed by atoms with Crippen molar-refractivity contribution in [1.82, 2.24) is 0 Å². The first-order chi connectivity index (χ1) is 6.24. The molecule has 0 aromatic heterocycles. The van der Waals surface area contributed by atoms with Crippen molar-refractivity contribution < 1.29 is 8.78 Å². The lowest BCUT2D eigenvalue weighted by Gasteiger charge is -2.02. The molecule has 70 valence electrons. The summed E-state index contributed by atoms with van der Waals surface area (Å²) in [7, 11) is 0. The Kier molecular flexibility index (Phi) is 3.62. The molecule has 0 atom stereocenters. The molecule has 0 amide bonds. The van der Waals surface area contributed by atoms with E-state index in [1.807, 2.05) is 6.07 Å². The Morgan fingerprint density at radius 1 is 1.38 bits per heavy atom. The van der Waals surface area contributed by atoms with Gasteiger partial charge in [-0.05, 0) is 18.4 Å². The van der Waals surface area contributed by atoms with Crippen LogP contribution in [0.4, 0.5) is 8.78 Å². The second kappa shape index (κ2) is 4.75. The van der Waals surface area contributed by atoms with E-state index in [-0.39, 0.29) is 5.56 Å². The zero-order valence-corrected chi connectivity index (χ0v) is 7.34. The van der Waals surface area contributed by atoms with Gasteiger partial charge in [0.1, 0.15) is 0 Å². The van der Waals surface area contributed by atoms with Crippen molar-refractivity contribution in [1.29, 1.82) is 0 Å². The van der Waals surface area contributed by atoms with Crippen LogP contribution in [0.15, 0.2) is 36.9 Å². The van der Waals surface area contributed by atoms with Gasteiger partial charge in [-0.2, -0.15) is 0 Å². The van der Waals surface area contributed by atoms with E-state index in [1.165, 1.54) is 6.07 Å². The molecule has 0 spiro atoms. The maximum atomic E-state index is 12.2. The molecule has 0 bridgehead atoms. The predicted molar refractivity (Wildman–Crippen MR) is 49.9 cm³/mol. The van der Waals surface area contributed by atoms with Crippen LogP contribution in [0, 0.1) is 0 Å². The number of halogens is 2. The van der Waals surface area contributed by atoms with Gasteiger partial charge < -0.3 is 0 Å². The largest absolute Gasteiger partial charge is 0.263 e. The van der Waals surface area contributed by atoms with Crippen LogP contribution in [-0.2, 0) is 6.42 Å². The summed E-state index contributed by atoms with van der Waals surface area (Å²) in [5, 5.41) is 0. The van der Waals surface area contributed by atoms with Crippen LogP contribution in [0.3, 0.4) is 0 Å². The third kappa shape index (κ3) is 2.98. The van der Waals surface area contributed by atoms with E-state index < -0.39 is 6.43 Å². The van der Waals surface area contributed by atoms with Crippen LogP contribution in [-0.4, -0.2) is 0 Å². The molecule has 0 radical (unpaired) electrons. The SMILES string of the molecule is C=CCCc1cccc(C(F)F)c1. The summed E-state index contributed by atoms with van der Waals surface area (Å²) in [5.74, 6) is 0. The molecule has 0 saturated carbocycles. The van der Waals surface area contributed by atoms with Crippen molar-refractivity contribution in [3.63, 3.8) is 0 Å². The number of alkyl halides is 2. The third-order valence-electron chi connectivity index (χ3n) is 1.84. The van der Waals surface area contributed by atoms with Gasteiger partial charge in [0.15, 0.2) is 0 Å². The van der Waals surface area contributed by atoms with Crippen LogP contribution < -0.4 is 0 Å². The standard InChI is InChI=1S/C11H12F2/c1-2-3-5-9-6-4-7-10(8-9)11(12)13/h2,4,6-8,11H,1,3,5H2. The summed E-state index contributed by atoms with van der Waals surface area (Å²) < 4.78 is 24.5. The average molecular weight is 182 g/mol. The Morgan fingerprint density at radius 3 is 2.77 bits per heavy atom. The van der Waals surface area contributed by atoms with Gasteiger partial charge in [-0.3, -0.25) is 0 Å².